The summed E-state index contributed by atoms with van der Waals surface area (Å²) in [7, 11) is 3.22. The Bertz CT molecular complexity index is 825. The number of aromatic nitrogens is 1. The van der Waals surface area contributed by atoms with Crippen LogP contribution in [0.1, 0.15) is 42.5 Å². The Hall–Kier alpha value is -2.74. The molecule has 1 aliphatic rings. The lowest BCUT2D eigenvalue weighted by Gasteiger charge is -2.21. The molecular formula is C20H23N3O2. The van der Waals surface area contributed by atoms with Crippen LogP contribution in [0.4, 0.5) is 5.82 Å². The molecule has 0 aliphatic heterocycles. The maximum Gasteiger partial charge on any atom is 0.168 e. The molecule has 2 N–H and O–H groups in total. The van der Waals surface area contributed by atoms with Crippen molar-refractivity contribution in [3.63, 3.8) is 0 Å². The molecule has 1 aromatic heterocycles. The second-order valence-corrected chi connectivity index (χ2v) is 6.24. The van der Waals surface area contributed by atoms with Gasteiger partial charge in [0.05, 0.1) is 14.2 Å². The fourth-order valence-corrected chi connectivity index (χ4v) is 3.61. The second-order valence-electron chi connectivity index (χ2n) is 6.24. The van der Waals surface area contributed by atoms with E-state index in [-0.39, 0.29) is 0 Å². The quantitative estimate of drug-likeness (QED) is 0.919. The highest BCUT2D eigenvalue weighted by Gasteiger charge is 2.24. The lowest BCUT2D eigenvalue weighted by atomic mass is 9.87. The maximum atomic E-state index is 9.74. The number of fused-ring (bicyclic) bond motifs is 1. The van der Waals surface area contributed by atoms with Crippen molar-refractivity contribution in [2.75, 3.05) is 20.0 Å². The number of nitrogen functional groups attached to an aromatic ring is 1. The highest BCUT2D eigenvalue weighted by Crippen LogP contribution is 2.43. The zero-order valence-corrected chi connectivity index (χ0v) is 14.8. The Balaban J connectivity index is 2.33. The SMILES string of the molecule is COc1cccc(-c2c(C#N)c(N)nc3c2CCCCCC3)c1OC. The highest BCUT2D eigenvalue weighted by atomic mass is 16.5. The molecule has 0 bridgehead atoms. The third kappa shape index (κ3) is 3.12. The molecular weight excluding hydrogens is 314 g/mol. The van der Waals surface area contributed by atoms with Gasteiger partial charge >= 0.3 is 0 Å². The molecule has 3 rings (SSSR count). The molecule has 1 aromatic carbocycles. The Kier molecular flexibility index (Phi) is 5.08. The lowest BCUT2D eigenvalue weighted by molar-refractivity contribution is 0.356. The van der Waals surface area contributed by atoms with E-state index in [2.05, 4.69) is 11.1 Å². The minimum absolute atomic E-state index is 0.293. The minimum Gasteiger partial charge on any atom is -0.493 e. The Labute approximate surface area is 148 Å². The van der Waals surface area contributed by atoms with E-state index in [0.29, 0.717) is 22.9 Å². The van der Waals surface area contributed by atoms with Crippen molar-refractivity contribution in [3.8, 4) is 28.7 Å². The normalized spacial score (nSPS) is 14.0. The van der Waals surface area contributed by atoms with Crippen LogP contribution in [0, 0.1) is 11.3 Å². The van der Waals surface area contributed by atoms with Crippen LogP contribution in [0.2, 0.25) is 0 Å². The summed E-state index contributed by atoms with van der Waals surface area (Å²) in [5, 5.41) is 9.74. The number of nitrogens with zero attached hydrogens (tertiary/aromatic N) is 2. The van der Waals surface area contributed by atoms with Crippen LogP contribution in [0.3, 0.4) is 0 Å². The number of nitriles is 1. The van der Waals surface area contributed by atoms with E-state index >= 15 is 0 Å². The molecule has 0 saturated carbocycles. The van der Waals surface area contributed by atoms with E-state index < -0.39 is 0 Å². The van der Waals surface area contributed by atoms with E-state index in [1.807, 2.05) is 18.2 Å². The average Bonchev–Trinajstić information content (AvgIpc) is 2.61. The van der Waals surface area contributed by atoms with Crippen molar-refractivity contribution in [1.82, 2.24) is 4.98 Å². The van der Waals surface area contributed by atoms with Crippen molar-refractivity contribution in [1.29, 1.82) is 5.26 Å². The van der Waals surface area contributed by atoms with Gasteiger partial charge in [-0.05, 0) is 37.3 Å². The van der Waals surface area contributed by atoms with E-state index in [1.165, 1.54) is 12.8 Å². The molecule has 0 unspecified atom stereocenters. The molecule has 25 heavy (non-hydrogen) atoms. The summed E-state index contributed by atoms with van der Waals surface area (Å²) < 4.78 is 11.0. The first-order valence-electron chi connectivity index (χ1n) is 8.64. The minimum atomic E-state index is 0.293. The number of anilines is 1. The number of rotatable bonds is 3. The number of aryl methyl sites for hydroxylation is 1. The molecule has 0 fully saturated rings. The zero-order chi connectivity index (χ0) is 17.8. The number of benzene rings is 1. The van der Waals surface area contributed by atoms with E-state index in [4.69, 9.17) is 15.2 Å². The van der Waals surface area contributed by atoms with Gasteiger partial charge < -0.3 is 15.2 Å². The molecule has 5 nitrogen and oxygen atoms in total. The Morgan fingerprint density at radius 1 is 1.08 bits per heavy atom. The summed E-state index contributed by atoms with van der Waals surface area (Å²) in [6, 6.07) is 7.96. The average molecular weight is 337 g/mol. The van der Waals surface area contributed by atoms with Gasteiger partial charge in [-0.25, -0.2) is 4.98 Å². The topological polar surface area (TPSA) is 81.2 Å². The molecule has 2 aromatic rings. The Morgan fingerprint density at radius 2 is 1.84 bits per heavy atom. The van der Waals surface area contributed by atoms with Crippen molar-refractivity contribution in [2.45, 2.75) is 38.5 Å². The third-order valence-electron chi connectivity index (χ3n) is 4.79. The molecule has 1 heterocycles. The summed E-state index contributed by atoms with van der Waals surface area (Å²) in [5.74, 6) is 1.55. The summed E-state index contributed by atoms with van der Waals surface area (Å²) in [5.41, 5.74) is 10.4. The summed E-state index contributed by atoms with van der Waals surface area (Å²) in [6.07, 6.45) is 6.37. The molecule has 0 atom stereocenters. The number of hydrogen-bond donors (Lipinski definition) is 1. The third-order valence-corrected chi connectivity index (χ3v) is 4.79. The van der Waals surface area contributed by atoms with Gasteiger partial charge in [0.15, 0.2) is 11.5 Å². The number of nitrogens with two attached hydrogens (primary N) is 1. The fraction of sp³-hybridized carbons (Fsp3) is 0.400. The summed E-state index contributed by atoms with van der Waals surface area (Å²) in [4.78, 5) is 4.55. The van der Waals surface area contributed by atoms with Gasteiger partial charge in [0.1, 0.15) is 17.5 Å². The number of hydrogen-bond acceptors (Lipinski definition) is 5. The monoisotopic (exact) mass is 337 g/mol. The first kappa shape index (κ1) is 17.1. The van der Waals surface area contributed by atoms with Crippen molar-refractivity contribution in [2.24, 2.45) is 0 Å². The summed E-state index contributed by atoms with van der Waals surface area (Å²) >= 11 is 0. The molecule has 0 saturated heterocycles. The van der Waals surface area contributed by atoms with Gasteiger partial charge in [0, 0.05) is 16.8 Å². The van der Waals surface area contributed by atoms with Gasteiger partial charge in [-0.1, -0.05) is 25.0 Å². The number of para-hydroxylation sites is 1. The lowest BCUT2D eigenvalue weighted by Crippen LogP contribution is -2.10. The van der Waals surface area contributed by atoms with Crippen LogP contribution in [0.15, 0.2) is 18.2 Å². The first-order chi connectivity index (χ1) is 12.2. The van der Waals surface area contributed by atoms with E-state index in [1.54, 1.807) is 14.2 Å². The first-order valence-corrected chi connectivity index (χ1v) is 8.64. The molecule has 0 spiro atoms. The van der Waals surface area contributed by atoms with Gasteiger partial charge in [-0.15, -0.1) is 0 Å². The second kappa shape index (κ2) is 7.43. The van der Waals surface area contributed by atoms with Gasteiger partial charge in [0.25, 0.3) is 0 Å². The zero-order valence-electron chi connectivity index (χ0n) is 14.8. The van der Waals surface area contributed by atoms with Crippen LogP contribution in [0.5, 0.6) is 11.5 Å². The van der Waals surface area contributed by atoms with Crippen molar-refractivity contribution >= 4 is 5.82 Å². The van der Waals surface area contributed by atoms with Crippen LogP contribution in [0.25, 0.3) is 11.1 Å². The fourth-order valence-electron chi connectivity index (χ4n) is 3.61. The molecule has 130 valence electrons. The molecule has 1 aliphatic carbocycles. The van der Waals surface area contributed by atoms with Gasteiger partial charge in [-0.3, -0.25) is 0 Å². The molecule has 0 radical (unpaired) electrons. The van der Waals surface area contributed by atoms with Gasteiger partial charge in [-0.2, -0.15) is 5.26 Å². The predicted octanol–water partition coefficient (Wildman–Crippen LogP) is 3.88. The number of methoxy groups -OCH3 is 2. The number of pyridine rings is 1. The van der Waals surface area contributed by atoms with Crippen LogP contribution >= 0.6 is 0 Å². The highest BCUT2D eigenvalue weighted by molar-refractivity contribution is 5.84. The van der Waals surface area contributed by atoms with Crippen LogP contribution < -0.4 is 15.2 Å². The largest absolute Gasteiger partial charge is 0.493 e. The van der Waals surface area contributed by atoms with Crippen LogP contribution in [-0.4, -0.2) is 19.2 Å². The molecule has 0 amide bonds. The van der Waals surface area contributed by atoms with E-state index in [9.17, 15) is 5.26 Å². The molecule has 5 heteroatoms. The van der Waals surface area contributed by atoms with Crippen molar-refractivity contribution < 1.29 is 9.47 Å². The van der Waals surface area contributed by atoms with Crippen molar-refractivity contribution in [3.05, 3.63) is 35.0 Å². The Morgan fingerprint density at radius 3 is 2.52 bits per heavy atom. The predicted molar refractivity (Wildman–Crippen MR) is 97.8 cm³/mol. The van der Waals surface area contributed by atoms with E-state index in [0.717, 1.165) is 48.1 Å². The maximum absolute atomic E-state index is 9.74. The van der Waals surface area contributed by atoms with Crippen LogP contribution in [-0.2, 0) is 12.8 Å². The standard InChI is InChI=1S/C20H23N3O2/c1-24-17-11-7-9-14(19(17)25-2)18-13-8-5-3-4-6-10-16(13)23-20(22)15(18)12-21/h7,9,11H,3-6,8,10H2,1-2H3,(H2,22,23). The van der Waals surface area contributed by atoms with Gasteiger partial charge in [0.2, 0.25) is 0 Å². The number of ether oxygens (including phenoxy) is 2. The smallest absolute Gasteiger partial charge is 0.168 e. The summed E-state index contributed by atoms with van der Waals surface area (Å²) in [6.45, 7) is 0.